The average molecular weight is 285 g/mol. The Balaban J connectivity index is 2.07. The van der Waals surface area contributed by atoms with Crippen molar-refractivity contribution in [1.82, 2.24) is 15.2 Å². The third-order valence-electron chi connectivity index (χ3n) is 2.39. The van der Waals surface area contributed by atoms with Crippen molar-refractivity contribution in [3.63, 3.8) is 0 Å². The van der Waals surface area contributed by atoms with Crippen molar-refractivity contribution >= 4 is 12.0 Å². The lowest BCUT2D eigenvalue weighted by Gasteiger charge is -2.18. The Morgan fingerprint density at radius 2 is 2.00 bits per heavy atom. The largest absolute Gasteiger partial charge is 0.444 e. The highest BCUT2D eigenvalue weighted by Gasteiger charge is 2.17. The topological polar surface area (TPSA) is 104 Å². The molecule has 2 rings (SSSR count). The van der Waals surface area contributed by atoms with Crippen LogP contribution in [0.1, 0.15) is 26.3 Å². The average Bonchev–Trinajstić information content (AvgIpc) is 2.85. The number of hydrogen-bond acceptors (Lipinski definition) is 5. The molecule has 7 heteroatoms. The summed E-state index contributed by atoms with van der Waals surface area (Å²) in [6.07, 6.45) is -0.618. The minimum absolute atomic E-state index is 0.128. The molecule has 21 heavy (non-hydrogen) atoms. The van der Waals surface area contributed by atoms with Crippen molar-refractivity contribution in [1.29, 1.82) is 5.26 Å². The number of aromatic amines is 1. The maximum Gasteiger partial charge on any atom is 0.414 e. The number of amides is 1. The molecule has 0 saturated heterocycles. The highest BCUT2D eigenvalue weighted by atomic mass is 16.6. The normalized spacial score (nSPS) is 10.8. The molecule has 0 radical (unpaired) electrons. The number of carbonyl (C=O) groups excluding carboxylic acids is 1. The molecule has 0 saturated carbocycles. The monoisotopic (exact) mass is 285 g/mol. The first-order valence-electron chi connectivity index (χ1n) is 6.30. The van der Waals surface area contributed by atoms with Gasteiger partial charge in [0, 0.05) is 5.56 Å². The first-order valence-corrected chi connectivity index (χ1v) is 6.30. The van der Waals surface area contributed by atoms with E-state index >= 15 is 0 Å². The molecule has 108 valence electrons. The van der Waals surface area contributed by atoms with Gasteiger partial charge >= 0.3 is 6.09 Å². The van der Waals surface area contributed by atoms with Crippen LogP contribution in [0.3, 0.4) is 0 Å². The lowest BCUT2D eigenvalue weighted by Crippen LogP contribution is -2.27. The predicted octanol–water partition coefficient (Wildman–Crippen LogP) is 2.69. The molecule has 0 unspecified atom stereocenters. The van der Waals surface area contributed by atoms with Crippen molar-refractivity contribution in [2.24, 2.45) is 0 Å². The van der Waals surface area contributed by atoms with Gasteiger partial charge < -0.3 is 4.74 Å². The second-order valence-electron chi connectivity index (χ2n) is 5.32. The van der Waals surface area contributed by atoms with Gasteiger partial charge in [-0.2, -0.15) is 10.2 Å². The van der Waals surface area contributed by atoms with Crippen LogP contribution in [0, 0.1) is 11.3 Å². The molecule has 0 bridgehead atoms. The van der Waals surface area contributed by atoms with E-state index in [1.165, 1.54) is 0 Å². The van der Waals surface area contributed by atoms with E-state index in [2.05, 4.69) is 20.5 Å². The SMILES string of the molecule is CC(C)(C)OC(=O)Nc1n[nH]c(-c2ccc(C#N)cc2)n1. The van der Waals surface area contributed by atoms with Gasteiger partial charge in [-0.25, -0.2) is 4.79 Å². The summed E-state index contributed by atoms with van der Waals surface area (Å²) in [6.45, 7) is 5.31. The first kappa shape index (κ1) is 14.5. The molecule has 1 amide bonds. The van der Waals surface area contributed by atoms with E-state index in [4.69, 9.17) is 10.00 Å². The van der Waals surface area contributed by atoms with Crippen LogP contribution in [-0.4, -0.2) is 26.9 Å². The summed E-state index contributed by atoms with van der Waals surface area (Å²) in [7, 11) is 0. The second kappa shape index (κ2) is 5.63. The van der Waals surface area contributed by atoms with Gasteiger partial charge in [0.2, 0.25) is 0 Å². The van der Waals surface area contributed by atoms with Gasteiger partial charge in [-0.3, -0.25) is 10.4 Å². The maximum atomic E-state index is 11.6. The number of benzene rings is 1. The Hall–Kier alpha value is -2.88. The number of ether oxygens (including phenoxy) is 1. The van der Waals surface area contributed by atoms with E-state index < -0.39 is 11.7 Å². The first-order chi connectivity index (χ1) is 9.87. The molecular weight excluding hydrogens is 270 g/mol. The van der Waals surface area contributed by atoms with Crippen LogP contribution in [0.2, 0.25) is 0 Å². The fourth-order valence-electron chi connectivity index (χ4n) is 1.54. The molecule has 1 aromatic carbocycles. The fourth-order valence-corrected chi connectivity index (χ4v) is 1.54. The molecule has 1 heterocycles. The van der Waals surface area contributed by atoms with Crippen LogP contribution in [-0.2, 0) is 4.74 Å². The van der Waals surface area contributed by atoms with Crippen molar-refractivity contribution in [2.45, 2.75) is 26.4 Å². The molecule has 0 aliphatic rings. The lowest BCUT2D eigenvalue weighted by atomic mass is 10.1. The number of anilines is 1. The van der Waals surface area contributed by atoms with E-state index in [1.54, 1.807) is 45.0 Å². The van der Waals surface area contributed by atoms with E-state index in [9.17, 15) is 4.79 Å². The number of nitrogens with one attached hydrogen (secondary N) is 2. The molecule has 0 aliphatic carbocycles. The molecule has 0 aliphatic heterocycles. The molecule has 0 fully saturated rings. The molecular formula is C14H15N5O2. The summed E-state index contributed by atoms with van der Waals surface area (Å²) in [5.74, 6) is 0.620. The Morgan fingerprint density at radius 3 is 2.57 bits per heavy atom. The Kier molecular flexibility index (Phi) is 3.89. The Labute approximate surface area is 122 Å². The van der Waals surface area contributed by atoms with E-state index in [0.717, 1.165) is 5.56 Å². The molecule has 7 nitrogen and oxygen atoms in total. The lowest BCUT2D eigenvalue weighted by molar-refractivity contribution is 0.0634. The zero-order valence-electron chi connectivity index (χ0n) is 12.0. The van der Waals surface area contributed by atoms with Crippen LogP contribution in [0.5, 0.6) is 0 Å². The van der Waals surface area contributed by atoms with Crippen molar-refractivity contribution in [2.75, 3.05) is 5.32 Å². The quantitative estimate of drug-likeness (QED) is 0.882. The van der Waals surface area contributed by atoms with Crippen LogP contribution in [0.4, 0.5) is 10.7 Å². The molecule has 2 aromatic rings. The fraction of sp³-hybridized carbons (Fsp3) is 0.286. The summed E-state index contributed by atoms with van der Waals surface area (Å²) in [4.78, 5) is 15.7. The summed E-state index contributed by atoms with van der Waals surface area (Å²) in [5, 5.41) is 17.8. The molecule has 2 N–H and O–H groups in total. The number of hydrogen-bond donors (Lipinski definition) is 2. The number of aromatic nitrogens is 3. The maximum absolute atomic E-state index is 11.6. The minimum atomic E-state index is -0.618. The third-order valence-corrected chi connectivity index (χ3v) is 2.39. The second-order valence-corrected chi connectivity index (χ2v) is 5.32. The highest BCUT2D eigenvalue weighted by Crippen LogP contribution is 2.17. The summed E-state index contributed by atoms with van der Waals surface area (Å²) in [5.41, 5.74) is 0.736. The zero-order chi connectivity index (χ0) is 15.5. The van der Waals surface area contributed by atoms with Crippen LogP contribution >= 0.6 is 0 Å². The molecule has 0 spiro atoms. The van der Waals surface area contributed by atoms with Gasteiger partial charge in [0.1, 0.15) is 5.60 Å². The molecule has 0 atom stereocenters. The van der Waals surface area contributed by atoms with Crippen LogP contribution in [0.25, 0.3) is 11.4 Å². The van der Waals surface area contributed by atoms with Crippen molar-refractivity contribution in [3.05, 3.63) is 29.8 Å². The van der Waals surface area contributed by atoms with Crippen LogP contribution in [0.15, 0.2) is 24.3 Å². The van der Waals surface area contributed by atoms with Gasteiger partial charge in [0.15, 0.2) is 5.82 Å². The van der Waals surface area contributed by atoms with Crippen molar-refractivity contribution < 1.29 is 9.53 Å². The number of rotatable bonds is 2. The summed E-state index contributed by atoms with van der Waals surface area (Å²) >= 11 is 0. The minimum Gasteiger partial charge on any atom is -0.444 e. The number of nitriles is 1. The van der Waals surface area contributed by atoms with E-state index in [-0.39, 0.29) is 5.95 Å². The van der Waals surface area contributed by atoms with Gasteiger partial charge in [-0.15, -0.1) is 5.10 Å². The van der Waals surface area contributed by atoms with E-state index in [0.29, 0.717) is 11.4 Å². The number of carbonyl (C=O) groups is 1. The number of nitrogens with zero attached hydrogens (tertiary/aromatic N) is 3. The van der Waals surface area contributed by atoms with Gasteiger partial charge in [-0.1, -0.05) is 0 Å². The summed E-state index contributed by atoms with van der Waals surface area (Å²) < 4.78 is 5.11. The third kappa shape index (κ3) is 4.04. The number of H-pyrrole nitrogens is 1. The van der Waals surface area contributed by atoms with E-state index in [1.807, 2.05) is 6.07 Å². The summed E-state index contributed by atoms with van der Waals surface area (Å²) in [6, 6.07) is 8.89. The predicted molar refractivity (Wildman–Crippen MR) is 76.4 cm³/mol. The highest BCUT2D eigenvalue weighted by molar-refractivity contribution is 5.82. The molecule has 1 aromatic heterocycles. The van der Waals surface area contributed by atoms with Gasteiger partial charge in [0.25, 0.3) is 5.95 Å². The Morgan fingerprint density at radius 1 is 1.33 bits per heavy atom. The Bertz CT molecular complexity index is 677. The van der Waals surface area contributed by atoms with Crippen LogP contribution < -0.4 is 5.32 Å². The zero-order valence-corrected chi connectivity index (χ0v) is 12.0. The standard InChI is InChI=1S/C14H15N5O2/c1-14(2,3)21-13(20)17-12-16-11(18-19-12)10-6-4-9(8-15)5-7-10/h4-7H,1-3H3,(H2,16,17,18,19,20). The van der Waals surface area contributed by atoms with Gasteiger partial charge in [0.05, 0.1) is 11.6 Å². The smallest absolute Gasteiger partial charge is 0.414 e. The van der Waals surface area contributed by atoms with Crippen molar-refractivity contribution in [3.8, 4) is 17.5 Å². The van der Waals surface area contributed by atoms with Gasteiger partial charge in [-0.05, 0) is 45.0 Å².